The van der Waals surface area contributed by atoms with Gasteiger partial charge in [0.25, 0.3) is 5.91 Å². The number of ether oxygens (including phenoxy) is 1. The zero-order valence-corrected chi connectivity index (χ0v) is 16.2. The van der Waals surface area contributed by atoms with Crippen molar-refractivity contribution < 1.29 is 22.3 Å². The van der Waals surface area contributed by atoms with Gasteiger partial charge in [0.2, 0.25) is 10.0 Å². The Morgan fingerprint density at radius 3 is 2.64 bits per heavy atom. The second-order valence-electron chi connectivity index (χ2n) is 6.44. The number of hydrogen-bond donors (Lipinski definition) is 1. The van der Waals surface area contributed by atoms with Crippen molar-refractivity contribution in [3.05, 3.63) is 65.5 Å². The molecule has 1 heterocycles. The van der Waals surface area contributed by atoms with E-state index in [9.17, 15) is 17.6 Å². The molecular weight excluding hydrogens is 385 g/mol. The molecule has 7 nitrogen and oxygen atoms in total. The Morgan fingerprint density at radius 2 is 2.00 bits per heavy atom. The molecule has 148 valence electrons. The second kappa shape index (κ2) is 8.07. The van der Waals surface area contributed by atoms with Gasteiger partial charge in [0, 0.05) is 19.2 Å². The van der Waals surface area contributed by atoms with Crippen LogP contribution in [0.5, 0.6) is 0 Å². The molecule has 0 saturated carbocycles. The first-order chi connectivity index (χ1) is 13.3. The topological polar surface area (TPSA) is 88.1 Å². The van der Waals surface area contributed by atoms with Crippen molar-refractivity contribution in [3.63, 3.8) is 0 Å². The van der Waals surface area contributed by atoms with E-state index in [-0.39, 0.29) is 18.3 Å². The van der Waals surface area contributed by atoms with E-state index in [2.05, 4.69) is 9.82 Å². The van der Waals surface area contributed by atoms with Crippen molar-refractivity contribution in [2.45, 2.75) is 12.5 Å². The maximum atomic E-state index is 13.3. The summed E-state index contributed by atoms with van der Waals surface area (Å²) in [7, 11) is -1.99. The highest BCUT2D eigenvalue weighted by molar-refractivity contribution is 7.92. The van der Waals surface area contributed by atoms with E-state index >= 15 is 0 Å². The van der Waals surface area contributed by atoms with Crippen molar-refractivity contribution in [2.24, 2.45) is 5.10 Å². The third-order valence-corrected chi connectivity index (χ3v) is 4.79. The van der Waals surface area contributed by atoms with Gasteiger partial charge in [-0.1, -0.05) is 24.3 Å². The van der Waals surface area contributed by atoms with Gasteiger partial charge in [0.05, 0.1) is 18.0 Å². The monoisotopic (exact) mass is 405 g/mol. The Labute approximate surface area is 162 Å². The van der Waals surface area contributed by atoms with E-state index in [1.807, 2.05) is 0 Å². The number of sulfonamides is 1. The third-order valence-electron chi connectivity index (χ3n) is 4.19. The number of nitrogens with one attached hydrogen (secondary N) is 1. The summed E-state index contributed by atoms with van der Waals surface area (Å²) < 4.78 is 43.6. The molecule has 1 aliphatic heterocycles. The molecule has 3 rings (SSSR count). The van der Waals surface area contributed by atoms with Crippen LogP contribution in [0.3, 0.4) is 0 Å². The highest BCUT2D eigenvalue weighted by Crippen LogP contribution is 2.33. The van der Waals surface area contributed by atoms with Gasteiger partial charge in [-0.05, 0) is 35.4 Å². The van der Waals surface area contributed by atoms with Gasteiger partial charge in [-0.3, -0.25) is 9.52 Å². The lowest BCUT2D eigenvalue weighted by molar-refractivity contribution is -0.137. The molecule has 28 heavy (non-hydrogen) atoms. The van der Waals surface area contributed by atoms with Crippen LogP contribution in [0.25, 0.3) is 0 Å². The zero-order chi connectivity index (χ0) is 20.3. The van der Waals surface area contributed by atoms with E-state index in [0.717, 1.165) is 11.8 Å². The molecule has 9 heteroatoms. The van der Waals surface area contributed by atoms with E-state index in [4.69, 9.17) is 4.74 Å². The van der Waals surface area contributed by atoms with Gasteiger partial charge in [-0.2, -0.15) is 5.10 Å². The largest absolute Gasteiger partial charge is 0.375 e. The van der Waals surface area contributed by atoms with E-state index < -0.39 is 16.1 Å². The molecule has 1 amide bonds. The molecule has 0 saturated heterocycles. The fourth-order valence-electron chi connectivity index (χ4n) is 3.03. The minimum absolute atomic E-state index is 0.135. The molecule has 0 fully saturated rings. The van der Waals surface area contributed by atoms with Crippen LogP contribution in [-0.4, -0.2) is 45.0 Å². The fraction of sp³-hybridized carbons (Fsp3) is 0.263. The summed E-state index contributed by atoms with van der Waals surface area (Å²) in [4.78, 5) is 12.5. The van der Waals surface area contributed by atoms with Crippen LogP contribution in [0.2, 0.25) is 0 Å². The van der Waals surface area contributed by atoms with Gasteiger partial charge in [0.15, 0.2) is 0 Å². The van der Waals surface area contributed by atoms with Crippen molar-refractivity contribution in [3.8, 4) is 0 Å². The smallest absolute Gasteiger partial charge is 0.269 e. The SMILES string of the molecule is COCC(=O)N1N=C(c2cccc(NS(C)(=O)=O)c2)C[C@@H]1c1ccc(F)cc1. The molecule has 0 aliphatic carbocycles. The number of hydrazone groups is 1. The molecule has 0 bridgehead atoms. The number of hydrogen-bond acceptors (Lipinski definition) is 5. The molecule has 1 aliphatic rings. The normalized spacial score (nSPS) is 16.8. The summed E-state index contributed by atoms with van der Waals surface area (Å²) in [5, 5.41) is 5.78. The number of carbonyl (C=O) groups is 1. The van der Waals surface area contributed by atoms with Crippen molar-refractivity contribution >= 4 is 27.3 Å². The van der Waals surface area contributed by atoms with Crippen LogP contribution in [-0.2, 0) is 19.6 Å². The summed E-state index contributed by atoms with van der Waals surface area (Å²) >= 11 is 0. The fourth-order valence-corrected chi connectivity index (χ4v) is 3.58. The number of methoxy groups -OCH3 is 1. The molecule has 0 unspecified atom stereocenters. The van der Waals surface area contributed by atoms with Crippen molar-refractivity contribution in [2.75, 3.05) is 24.7 Å². The van der Waals surface area contributed by atoms with Crippen molar-refractivity contribution in [1.29, 1.82) is 0 Å². The predicted molar refractivity (Wildman–Crippen MR) is 104 cm³/mol. The van der Waals surface area contributed by atoms with Gasteiger partial charge in [-0.25, -0.2) is 17.8 Å². The maximum Gasteiger partial charge on any atom is 0.269 e. The maximum absolute atomic E-state index is 13.3. The van der Waals surface area contributed by atoms with Crippen LogP contribution in [0.4, 0.5) is 10.1 Å². The third kappa shape index (κ3) is 4.73. The number of halogens is 1. The van der Waals surface area contributed by atoms with Gasteiger partial charge < -0.3 is 4.74 Å². The lowest BCUT2D eigenvalue weighted by Crippen LogP contribution is -2.30. The molecule has 0 spiro atoms. The van der Waals surface area contributed by atoms with Crippen LogP contribution in [0.15, 0.2) is 53.6 Å². The predicted octanol–water partition coefficient (Wildman–Crippen LogP) is 2.52. The summed E-state index contributed by atoms with van der Waals surface area (Å²) in [6.45, 7) is -0.135. The molecule has 0 radical (unpaired) electrons. The molecule has 2 aromatic rings. The first-order valence-corrected chi connectivity index (χ1v) is 10.4. The standard InChI is InChI=1S/C19H20FN3O4S/c1-27-12-19(24)23-18(13-6-8-15(20)9-7-13)11-17(21-23)14-4-3-5-16(10-14)22-28(2,25)26/h3-10,18,22H,11-12H2,1-2H3/t18-/m1/s1. The van der Waals surface area contributed by atoms with E-state index in [0.29, 0.717) is 23.4 Å². The highest BCUT2D eigenvalue weighted by atomic mass is 32.2. The Morgan fingerprint density at radius 1 is 1.29 bits per heavy atom. The van der Waals surface area contributed by atoms with E-state index in [1.54, 1.807) is 36.4 Å². The van der Waals surface area contributed by atoms with Gasteiger partial charge in [-0.15, -0.1) is 0 Å². The number of anilines is 1. The number of nitrogens with zero attached hydrogens (tertiary/aromatic N) is 2. The zero-order valence-electron chi connectivity index (χ0n) is 15.4. The molecule has 0 aromatic heterocycles. The van der Waals surface area contributed by atoms with Crippen LogP contribution < -0.4 is 4.72 Å². The first kappa shape index (κ1) is 20.0. The first-order valence-electron chi connectivity index (χ1n) is 8.49. The average molecular weight is 405 g/mol. The van der Waals surface area contributed by atoms with Crippen LogP contribution >= 0.6 is 0 Å². The minimum atomic E-state index is -3.41. The molecule has 1 atom stereocenters. The summed E-state index contributed by atoms with van der Waals surface area (Å²) in [5.41, 5.74) is 2.46. The lowest BCUT2D eigenvalue weighted by atomic mass is 9.98. The number of carbonyl (C=O) groups excluding carboxylic acids is 1. The minimum Gasteiger partial charge on any atom is -0.375 e. The van der Waals surface area contributed by atoms with Crippen LogP contribution in [0.1, 0.15) is 23.6 Å². The molecular formula is C19H20FN3O4S. The number of benzene rings is 2. The lowest BCUT2D eigenvalue weighted by Gasteiger charge is -2.21. The van der Waals surface area contributed by atoms with Gasteiger partial charge >= 0.3 is 0 Å². The van der Waals surface area contributed by atoms with Gasteiger partial charge in [0.1, 0.15) is 12.4 Å². The van der Waals surface area contributed by atoms with Crippen molar-refractivity contribution in [1.82, 2.24) is 5.01 Å². The number of rotatable bonds is 6. The van der Waals surface area contributed by atoms with Crippen LogP contribution in [0, 0.1) is 5.82 Å². The molecule has 1 N–H and O–H groups in total. The summed E-state index contributed by atoms with van der Waals surface area (Å²) in [5.74, 6) is -0.686. The Balaban J connectivity index is 1.93. The summed E-state index contributed by atoms with van der Waals surface area (Å²) in [6, 6.07) is 12.3. The quantitative estimate of drug-likeness (QED) is 0.800. The Hall–Kier alpha value is -2.78. The second-order valence-corrected chi connectivity index (χ2v) is 8.19. The Bertz CT molecular complexity index is 1010. The Kier molecular flexibility index (Phi) is 5.76. The average Bonchev–Trinajstić information content (AvgIpc) is 3.07. The molecule has 2 aromatic carbocycles. The summed E-state index contributed by atoms with van der Waals surface area (Å²) in [6.07, 6.45) is 1.48. The highest BCUT2D eigenvalue weighted by Gasteiger charge is 2.33. The number of amides is 1. The van der Waals surface area contributed by atoms with E-state index in [1.165, 1.54) is 24.3 Å².